The summed E-state index contributed by atoms with van der Waals surface area (Å²) >= 11 is 6.93. The molecule has 0 bridgehead atoms. The van der Waals surface area contributed by atoms with Crippen molar-refractivity contribution in [1.29, 1.82) is 0 Å². The van der Waals surface area contributed by atoms with Crippen molar-refractivity contribution < 1.29 is 9.18 Å². The second-order valence-corrected chi connectivity index (χ2v) is 5.58. The zero-order valence-electron chi connectivity index (χ0n) is 10.4. The zero-order valence-corrected chi connectivity index (χ0v) is 12.0. The van der Waals surface area contributed by atoms with Crippen LogP contribution in [0.4, 0.5) is 10.1 Å². The van der Waals surface area contributed by atoms with Gasteiger partial charge in [0.05, 0.1) is 10.7 Å². The van der Waals surface area contributed by atoms with Crippen LogP contribution >= 0.6 is 22.9 Å². The average Bonchev–Trinajstić information content (AvgIpc) is 2.83. The van der Waals surface area contributed by atoms with Gasteiger partial charge in [-0.25, -0.2) is 9.37 Å². The smallest absolute Gasteiger partial charge is 0.284 e. The number of thiazole rings is 1. The Morgan fingerprint density at radius 3 is 2.79 bits per heavy atom. The minimum atomic E-state index is -0.518. The molecule has 6 heteroatoms. The number of nitrogens with zero attached hydrogens (tertiary/aromatic N) is 1. The summed E-state index contributed by atoms with van der Waals surface area (Å²) in [5.74, 6) is -0.561. The van der Waals surface area contributed by atoms with Crippen molar-refractivity contribution >= 4 is 34.5 Å². The quantitative estimate of drug-likeness (QED) is 0.917. The summed E-state index contributed by atoms with van der Waals surface area (Å²) in [4.78, 5) is 16.2. The fraction of sp³-hybridized carbons (Fsp3) is 0.231. The Morgan fingerprint density at radius 1 is 1.47 bits per heavy atom. The molecule has 2 aromatic rings. The first-order valence-corrected chi connectivity index (χ1v) is 6.95. The number of carbonyl (C=O) groups excluding carboxylic acids is 1. The Labute approximate surface area is 119 Å². The SMILES string of the molecule is CC(C)c1csc(C(=O)Nc2ccc(F)c(Cl)c2)n1. The average molecular weight is 299 g/mol. The van der Waals surface area contributed by atoms with Gasteiger partial charge < -0.3 is 5.32 Å². The van der Waals surface area contributed by atoms with E-state index in [0.717, 1.165) is 5.69 Å². The molecule has 0 aliphatic rings. The summed E-state index contributed by atoms with van der Waals surface area (Å²) in [6, 6.07) is 4.03. The van der Waals surface area contributed by atoms with Gasteiger partial charge >= 0.3 is 0 Å². The van der Waals surface area contributed by atoms with Crippen LogP contribution in [0.5, 0.6) is 0 Å². The van der Waals surface area contributed by atoms with E-state index < -0.39 is 5.82 Å². The highest BCUT2D eigenvalue weighted by molar-refractivity contribution is 7.11. The molecule has 0 spiro atoms. The Balaban J connectivity index is 2.13. The predicted molar refractivity (Wildman–Crippen MR) is 75.6 cm³/mol. The number of aromatic nitrogens is 1. The molecule has 1 N–H and O–H groups in total. The highest BCUT2D eigenvalue weighted by Gasteiger charge is 2.13. The fourth-order valence-electron chi connectivity index (χ4n) is 1.41. The lowest BCUT2D eigenvalue weighted by Gasteiger charge is -2.04. The van der Waals surface area contributed by atoms with Gasteiger partial charge in [-0.05, 0) is 24.1 Å². The van der Waals surface area contributed by atoms with Crippen molar-refractivity contribution in [2.75, 3.05) is 5.32 Å². The van der Waals surface area contributed by atoms with Gasteiger partial charge in [0.2, 0.25) is 0 Å². The second-order valence-electron chi connectivity index (χ2n) is 4.32. The van der Waals surface area contributed by atoms with Crippen molar-refractivity contribution in [3.05, 3.63) is 45.1 Å². The van der Waals surface area contributed by atoms with E-state index in [1.807, 2.05) is 19.2 Å². The van der Waals surface area contributed by atoms with Gasteiger partial charge in [-0.1, -0.05) is 25.4 Å². The first-order chi connectivity index (χ1) is 8.97. The van der Waals surface area contributed by atoms with E-state index in [9.17, 15) is 9.18 Å². The van der Waals surface area contributed by atoms with Gasteiger partial charge in [0.1, 0.15) is 5.82 Å². The molecule has 1 aromatic heterocycles. The maximum Gasteiger partial charge on any atom is 0.284 e. The molecule has 0 saturated heterocycles. The summed E-state index contributed by atoms with van der Waals surface area (Å²) in [6.07, 6.45) is 0. The molecule has 2 rings (SSSR count). The Morgan fingerprint density at radius 2 is 2.21 bits per heavy atom. The first kappa shape index (κ1) is 14.0. The summed E-state index contributed by atoms with van der Waals surface area (Å²) in [5, 5.41) is 4.85. The number of hydrogen-bond donors (Lipinski definition) is 1. The van der Waals surface area contributed by atoms with Gasteiger partial charge in [0, 0.05) is 11.1 Å². The third-order valence-corrected chi connectivity index (χ3v) is 3.63. The summed E-state index contributed by atoms with van der Waals surface area (Å²) in [6.45, 7) is 4.02. The molecule has 0 radical (unpaired) electrons. The van der Waals surface area contributed by atoms with Gasteiger partial charge in [-0.3, -0.25) is 4.79 Å². The molecule has 19 heavy (non-hydrogen) atoms. The van der Waals surface area contributed by atoms with Crippen LogP contribution < -0.4 is 5.32 Å². The topological polar surface area (TPSA) is 42.0 Å². The number of benzene rings is 1. The monoisotopic (exact) mass is 298 g/mol. The molecule has 100 valence electrons. The number of halogens is 2. The lowest BCUT2D eigenvalue weighted by atomic mass is 10.2. The van der Waals surface area contributed by atoms with Gasteiger partial charge in [0.15, 0.2) is 5.01 Å². The molecule has 0 aliphatic carbocycles. The largest absolute Gasteiger partial charge is 0.320 e. The van der Waals surface area contributed by atoms with E-state index in [4.69, 9.17) is 11.6 Å². The Kier molecular flexibility index (Phi) is 4.17. The number of amides is 1. The van der Waals surface area contributed by atoms with E-state index >= 15 is 0 Å². The molecule has 0 fully saturated rings. The molecule has 0 unspecified atom stereocenters. The van der Waals surface area contributed by atoms with Crippen molar-refractivity contribution in [3.8, 4) is 0 Å². The molecular weight excluding hydrogens is 287 g/mol. The van der Waals surface area contributed by atoms with E-state index in [1.54, 1.807) is 0 Å². The molecule has 1 heterocycles. The molecular formula is C13H12ClFN2OS. The molecule has 3 nitrogen and oxygen atoms in total. The standard InChI is InChI=1S/C13H12ClFN2OS/c1-7(2)11-6-19-13(17-11)12(18)16-8-3-4-10(15)9(14)5-8/h3-7H,1-2H3,(H,16,18). The fourth-order valence-corrected chi connectivity index (χ4v) is 2.47. The third-order valence-electron chi connectivity index (χ3n) is 2.49. The summed E-state index contributed by atoms with van der Waals surface area (Å²) in [5.41, 5.74) is 1.32. The minimum Gasteiger partial charge on any atom is -0.320 e. The highest BCUT2D eigenvalue weighted by Crippen LogP contribution is 2.21. The summed E-state index contributed by atoms with van der Waals surface area (Å²) in [7, 11) is 0. The Hall–Kier alpha value is -1.46. The van der Waals surface area contributed by atoms with E-state index in [1.165, 1.54) is 29.5 Å². The van der Waals surface area contributed by atoms with Crippen LogP contribution in [0.25, 0.3) is 0 Å². The van der Waals surface area contributed by atoms with Crippen LogP contribution in [0, 0.1) is 5.82 Å². The number of anilines is 1. The van der Waals surface area contributed by atoms with Gasteiger partial charge in [-0.2, -0.15) is 0 Å². The molecule has 1 amide bonds. The van der Waals surface area contributed by atoms with Gasteiger partial charge in [-0.15, -0.1) is 11.3 Å². The normalized spacial score (nSPS) is 10.8. The lowest BCUT2D eigenvalue weighted by Crippen LogP contribution is -2.11. The van der Waals surface area contributed by atoms with E-state index in [0.29, 0.717) is 10.7 Å². The van der Waals surface area contributed by atoms with Crippen LogP contribution in [-0.2, 0) is 0 Å². The Bertz CT molecular complexity index is 612. The van der Waals surface area contributed by atoms with Crippen molar-refractivity contribution in [2.45, 2.75) is 19.8 Å². The molecule has 0 saturated carbocycles. The van der Waals surface area contributed by atoms with Crippen LogP contribution in [0.15, 0.2) is 23.6 Å². The third kappa shape index (κ3) is 3.30. The molecule has 0 atom stereocenters. The lowest BCUT2D eigenvalue weighted by molar-refractivity contribution is 0.102. The van der Waals surface area contributed by atoms with Crippen molar-refractivity contribution in [3.63, 3.8) is 0 Å². The van der Waals surface area contributed by atoms with Crippen molar-refractivity contribution in [2.24, 2.45) is 0 Å². The number of rotatable bonds is 3. The maximum absolute atomic E-state index is 13.0. The molecule has 1 aromatic carbocycles. The maximum atomic E-state index is 13.0. The second kappa shape index (κ2) is 5.67. The zero-order chi connectivity index (χ0) is 14.0. The van der Waals surface area contributed by atoms with Gasteiger partial charge in [0.25, 0.3) is 5.91 Å². The van der Waals surface area contributed by atoms with Crippen LogP contribution in [-0.4, -0.2) is 10.9 Å². The number of carbonyl (C=O) groups is 1. The van der Waals surface area contributed by atoms with Crippen LogP contribution in [0.2, 0.25) is 5.02 Å². The number of nitrogens with one attached hydrogen (secondary N) is 1. The van der Waals surface area contributed by atoms with Crippen LogP contribution in [0.3, 0.4) is 0 Å². The van der Waals surface area contributed by atoms with E-state index in [-0.39, 0.29) is 16.8 Å². The minimum absolute atomic E-state index is 0.0280. The summed E-state index contributed by atoms with van der Waals surface area (Å²) < 4.78 is 13.0. The predicted octanol–water partition coefficient (Wildman–Crippen LogP) is 4.31. The van der Waals surface area contributed by atoms with Crippen molar-refractivity contribution in [1.82, 2.24) is 4.98 Å². The molecule has 0 aliphatic heterocycles. The number of hydrogen-bond acceptors (Lipinski definition) is 3. The highest BCUT2D eigenvalue weighted by atomic mass is 35.5. The van der Waals surface area contributed by atoms with E-state index in [2.05, 4.69) is 10.3 Å². The first-order valence-electron chi connectivity index (χ1n) is 5.69. The van der Waals surface area contributed by atoms with Crippen LogP contribution in [0.1, 0.15) is 35.3 Å².